The molecule has 2 heterocycles. The van der Waals surface area contributed by atoms with Crippen LogP contribution in [0, 0.1) is 5.82 Å². The predicted octanol–water partition coefficient (Wildman–Crippen LogP) is 1.31. The molecule has 1 aromatic rings. The number of anilines is 1. The van der Waals surface area contributed by atoms with E-state index in [0.717, 1.165) is 31.6 Å². The van der Waals surface area contributed by atoms with Gasteiger partial charge in [-0.25, -0.2) is 4.39 Å². The number of ether oxygens (including phenoxy) is 1. The first-order valence-electron chi connectivity index (χ1n) is 6.58. The molecule has 5 heteroatoms. The molecule has 1 N–H and O–H groups in total. The first-order chi connectivity index (χ1) is 9.21. The van der Waals surface area contributed by atoms with Crippen LogP contribution in [0.4, 0.5) is 10.1 Å². The molecule has 0 saturated carbocycles. The summed E-state index contributed by atoms with van der Waals surface area (Å²) in [4.78, 5) is 14.0. The Morgan fingerprint density at radius 1 is 1.32 bits per heavy atom. The van der Waals surface area contributed by atoms with E-state index >= 15 is 0 Å². The molecule has 0 bridgehead atoms. The Balaban J connectivity index is 1.97. The van der Waals surface area contributed by atoms with Crippen LogP contribution < -0.4 is 10.2 Å². The molecule has 0 radical (unpaired) electrons. The van der Waals surface area contributed by atoms with Crippen LogP contribution in [0.1, 0.15) is 12.8 Å². The van der Waals surface area contributed by atoms with Crippen molar-refractivity contribution in [3.8, 4) is 0 Å². The largest absolute Gasteiger partial charge is 0.369 e. The number of hydrogen-bond donors (Lipinski definition) is 1. The number of carbonyl (C=O) groups excluding carboxylic acids is 1. The fraction of sp³-hybridized carbons (Fsp3) is 0.500. The highest BCUT2D eigenvalue weighted by atomic mass is 19.1. The summed E-state index contributed by atoms with van der Waals surface area (Å²) in [5.74, 6) is -0.346. The quantitative estimate of drug-likeness (QED) is 0.831. The highest BCUT2D eigenvalue weighted by Gasteiger charge is 2.44. The topological polar surface area (TPSA) is 41.6 Å². The van der Waals surface area contributed by atoms with Gasteiger partial charge in [0.05, 0.1) is 12.1 Å². The maximum absolute atomic E-state index is 13.0. The molecule has 3 rings (SSSR count). The Morgan fingerprint density at radius 2 is 2.11 bits per heavy atom. The van der Waals surface area contributed by atoms with Crippen molar-refractivity contribution in [2.24, 2.45) is 0 Å². The molecule has 102 valence electrons. The van der Waals surface area contributed by atoms with Crippen molar-refractivity contribution in [3.63, 3.8) is 0 Å². The van der Waals surface area contributed by atoms with Crippen LogP contribution in [0.2, 0.25) is 0 Å². The van der Waals surface area contributed by atoms with E-state index in [-0.39, 0.29) is 23.9 Å². The van der Waals surface area contributed by atoms with Crippen molar-refractivity contribution in [3.05, 3.63) is 30.1 Å². The molecule has 1 atom stereocenters. The second-order valence-electron chi connectivity index (χ2n) is 5.20. The summed E-state index contributed by atoms with van der Waals surface area (Å²) in [6.07, 6.45) is 1.91. The fourth-order valence-electron chi connectivity index (χ4n) is 3.00. The number of amides is 1. The molecular weight excluding hydrogens is 247 g/mol. The minimum atomic E-state index is -0.328. The van der Waals surface area contributed by atoms with Gasteiger partial charge in [-0.05, 0) is 43.7 Å². The van der Waals surface area contributed by atoms with Crippen molar-refractivity contribution < 1.29 is 13.9 Å². The third-order valence-corrected chi connectivity index (χ3v) is 3.85. The molecule has 1 unspecified atom stereocenters. The smallest absolute Gasteiger partial charge is 0.253 e. The normalized spacial score (nSPS) is 27.8. The lowest BCUT2D eigenvalue weighted by Gasteiger charge is -2.48. The van der Waals surface area contributed by atoms with Crippen LogP contribution in [-0.4, -0.2) is 37.7 Å². The van der Waals surface area contributed by atoms with Gasteiger partial charge < -0.3 is 15.0 Å². The molecule has 0 aromatic heterocycles. The van der Waals surface area contributed by atoms with Gasteiger partial charge in [0.15, 0.2) is 0 Å². The molecule has 0 aliphatic carbocycles. The summed E-state index contributed by atoms with van der Waals surface area (Å²) in [5.41, 5.74) is 0.421. The zero-order chi connectivity index (χ0) is 13.3. The Bertz CT molecular complexity index is 463. The van der Waals surface area contributed by atoms with Gasteiger partial charge in [-0.15, -0.1) is 0 Å². The average Bonchev–Trinajstić information content (AvgIpc) is 2.42. The lowest BCUT2D eigenvalue weighted by atomic mass is 9.87. The molecule has 1 aromatic carbocycles. The number of nitrogens with one attached hydrogen (secondary N) is 1. The zero-order valence-corrected chi connectivity index (χ0v) is 10.7. The van der Waals surface area contributed by atoms with Crippen molar-refractivity contribution in [1.82, 2.24) is 5.32 Å². The van der Waals surface area contributed by atoms with E-state index in [2.05, 4.69) is 5.32 Å². The van der Waals surface area contributed by atoms with Gasteiger partial charge in [0.25, 0.3) is 5.91 Å². The van der Waals surface area contributed by atoms with Crippen molar-refractivity contribution in [2.45, 2.75) is 18.4 Å². The van der Waals surface area contributed by atoms with Crippen LogP contribution in [0.3, 0.4) is 0 Å². The van der Waals surface area contributed by atoms with Gasteiger partial charge >= 0.3 is 0 Å². The summed E-state index contributed by atoms with van der Waals surface area (Å²) in [6.45, 7) is 2.31. The van der Waals surface area contributed by atoms with Crippen molar-refractivity contribution in [1.29, 1.82) is 0 Å². The SMILES string of the molecule is O=C1COCC2(CCCNC2)N1c1ccc(F)cc1. The van der Waals surface area contributed by atoms with Crippen LogP contribution in [0.15, 0.2) is 24.3 Å². The standard InChI is InChI=1S/C14H17FN2O2/c15-11-2-4-12(5-3-11)17-13(18)8-19-10-14(17)6-1-7-16-9-14/h2-5,16H,1,6-10H2. The molecule has 4 nitrogen and oxygen atoms in total. The Labute approximate surface area is 111 Å². The molecular formula is C14H17FN2O2. The first-order valence-corrected chi connectivity index (χ1v) is 6.58. The Kier molecular flexibility index (Phi) is 3.24. The van der Waals surface area contributed by atoms with Gasteiger partial charge in [-0.1, -0.05) is 0 Å². The van der Waals surface area contributed by atoms with Gasteiger partial charge in [-0.3, -0.25) is 4.79 Å². The highest BCUT2D eigenvalue weighted by Crippen LogP contribution is 2.32. The van der Waals surface area contributed by atoms with Crippen molar-refractivity contribution in [2.75, 3.05) is 31.2 Å². The van der Waals surface area contributed by atoms with Crippen LogP contribution in [0.5, 0.6) is 0 Å². The summed E-state index contributed by atoms with van der Waals surface area (Å²) in [6, 6.07) is 6.11. The Hall–Kier alpha value is -1.46. The maximum atomic E-state index is 13.0. The van der Waals surface area contributed by atoms with E-state index in [9.17, 15) is 9.18 Å². The lowest BCUT2D eigenvalue weighted by molar-refractivity contribution is -0.130. The average molecular weight is 264 g/mol. The fourth-order valence-corrected chi connectivity index (χ4v) is 3.00. The summed E-state index contributed by atoms with van der Waals surface area (Å²) >= 11 is 0. The summed E-state index contributed by atoms with van der Waals surface area (Å²) in [5, 5.41) is 3.33. The van der Waals surface area contributed by atoms with E-state index in [0.29, 0.717) is 6.61 Å². The second-order valence-corrected chi connectivity index (χ2v) is 5.20. The molecule has 2 fully saturated rings. The number of benzene rings is 1. The molecule has 2 saturated heterocycles. The lowest BCUT2D eigenvalue weighted by Crippen LogP contribution is -2.66. The van der Waals surface area contributed by atoms with E-state index in [1.54, 1.807) is 17.0 Å². The number of rotatable bonds is 1. The predicted molar refractivity (Wildman–Crippen MR) is 69.5 cm³/mol. The van der Waals surface area contributed by atoms with Gasteiger partial charge in [0.1, 0.15) is 12.4 Å². The van der Waals surface area contributed by atoms with Gasteiger partial charge in [0.2, 0.25) is 0 Å². The van der Waals surface area contributed by atoms with Gasteiger partial charge in [0, 0.05) is 12.2 Å². The van der Waals surface area contributed by atoms with E-state index in [1.165, 1.54) is 12.1 Å². The zero-order valence-electron chi connectivity index (χ0n) is 10.7. The van der Waals surface area contributed by atoms with Crippen LogP contribution in [0.25, 0.3) is 0 Å². The van der Waals surface area contributed by atoms with E-state index in [1.807, 2.05) is 0 Å². The number of morpholine rings is 1. The third-order valence-electron chi connectivity index (χ3n) is 3.85. The number of carbonyl (C=O) groups is 1. The maximum Gasteiger partial charge on any atom is 0.253 e. The first kappa shape index (κ1) is 12.6. The molecule has 19 heavy (non-hydrogen) atoms. The number of halogens is 1. The second kappa shape index (κ2) is 4.90. The van der Waals surface area contributed by atoms with Crippen LogP contribution >= 0.6 is 0 Å². The molecule has 1 amide bonds. The molecule has 2 aliphatic heterocycles. The number of nitrogens with zero attached hydrogens (tertiary/aromatic N) is 1. The summed E-state index contributed by atoms with van der Waals surface area (Å²) < 4.78 is 18.5. The van der Waals surface area contributed by atoms with Gasteiger partial charge in [-0.2, -0.15) is 0 Å². The van der Waals surface area contributed by atoms with E-state index < -0.39 is 0 Å². The Morgan fingerprint density at radius 3 is 2.79 bits per heavy atom. The molecule has 2 aliphatic rings. The monoisotopic (exact) mass is 264 g/mol. The number of hydrogen-bond acceptors (Lipinski definition) is 3. The third kappa shape index (κ3) is 2.24. The minimum Gasteiger partial charge on any atom is -0.369 e. The highest BCUT2D eigenvalue weighted by molar-refractivity contribution is 5.96. The summed E-state index contributed by atoms with van der Waals surface area (Å²) in [7, 11) is 0. The molecule has 1 spiro atoms. The van der Waals surface area contributed by atoms with Crippen LogP contribution in [-0.2, 0) is 9.53 Å². The minimum absolute atomic E-state index is 0.0541. The van der Waals surface area contributed by atoms with Crippen molar-refractivity contribution >= 4 is 11.6 Å². The van der Waals surface area contributed by atoms with E-state index in [4.69, 9.17) is 4.74 Å². The number of piperidine rings is 1.